The number of amides is 1. The molecule has 0 radical (unpaired) electrons. The van der Waals surface area contributed by atoms with Crippen LogP contribution < -0.4 is 9.64 Å². The molecule has 0 saturated carbocycles. The lowest BCUT2D eigenvalue weighted by molar-refractivity contribution is -0.136. The number of hydrogen-bond donors (Lipinski definition) is 0. The van der Waals surface area contributed by atoms with Crippen molar-refractivity contribution in [2.45, 2.75) is 19.3 Å². The van der Waals surface area contributed by atoms with E-state index in [-0.39, 0.29) is 30.8 Å². The molecule has 2 aromatic rings. The Morgan fingerprint density at radius 3 is 2.58 bits per heavy atom. The first-order valence-electron chi connectivity index (χ1n) is 8.70. The summed E-state index contributed by atoms with van der Waals surface area (Å²) in [4.78, 5) is 27.1. The summed E-state index contributed by atoms with van der Waals surface area (Å²) in [6.07, 6.45) is 0.201. The predicted octanol–water partition coefficient (Wildman–Crippen LogP) is 3.42. The van der Waals surface area contributed by atoms with E-state index in [1.165, 1.54) is 0 Å². The molecular weight excluding hydrogens is 330 g/mol. The first kappa shape index (κ1) is 16.4. The third-order valence-corrected chi connectivity index (χ3v) is 4.73. The second-order valence-corrected chi connectivity index (χ2v) is 6.23. The number of benzene rings is 2. The van der Waals surface area contributed by atoms with Crippen molar-refractivity contribution >= 4 is 17.6 Å². The van der Waals surface area contributed by atoms with Gasteiger partial charge < -0.3 is 9.47 Å². The van der Waals surface area contributed by atoms with Crippen LogP contribution in [0.2, 0.25) is 0 Å². The van der Waals surface area contributed by atoms with Gasteiger partial charge in [0.15, 0.2) is 0 Å². The highest BCUT2D eigenvalue weighted by Crippen LogP contribution is 2.44. The fraction of sp³-hybridized carbons (Fsp3) is 0.238. The number of ether oxygens (including phenoxy) is 2. The number of cyclic esters (lactones) is 1. The maximum atomic E-state index is 13.0. The summed E-state index contributed by atoms with van der Waals surface area (Å²) in [5.41, 5.74) is 2.79. The fourth-order valence-corrected chi connectivity index (χ4v) is 3.65. The van der Waals surface area contributed by atoms with Gasteiger partial charge in [-0.15, -0.1) is 0 Å². The van der Waals surface area contributed by atoms with Gasteiger partial charge in [0.1, 0.15) is 12.4 Å². The van der Waals surface area contributed by atoms with E-state index in [2.05, 4.69) is 0 Å². The Kier molecular flexibility index (Phi) is 4.21. The average Bonchev–Trinajstić information content (AvgIpc) is 3.04. The Morgan fingerprint density at radius 2 is 1.81 bits per heavy atom. The zero-order valence-electron chi connectivity index (χ0n) is 14.5. The van der Waals surface area contributed by atoms with Crippen molar-refractivity contribution in [2.24, 2.45) is 0 Å². The molecule has 0 spiro atoms. The SMILES string of the molecule is CCOc1ccccc1[C@@H]1CC(=O)N(c2ccccc2)C2=C1C(=O)OC2. The van der Waals surface area contributed by atoms with Crippen LogP contribution in [0.15, 0.2) is 65.9 Å². The monoisotopic (exact) mass is 349 g/mol. The smallest absolute Gasteiger partial charge is 0.336 e. The molecule has 2 aromatic carbocycles. The van der Waals surface area contributed by atoms with Gasteiger partial charge in [-0.2, -0.15) is 0 Å². The molecule has 5 nitrogen and oxygen atoms in total. The maximum Gasteiger partial charge on any atom is 0.336 e. The molecule has 0 saturated heterocycles. The van der Waals surface area contributed by atoms with Crippen LogP contribution in [0.25, 0.3) is 0 Å². The fourth-order valence-electron chi connectivity index (χ4n) is 3.65. The van der Waals surface area contributed by atoms with Crippen LogP contribution >= 0.6 is 0 Å². The molecule has 132 valence electrons. The maximum absolute atomic E-state index is 13.0. The average molecular weight is 349 g/mol. The highest BCUT2D eigenvalue weighted by Gasteiger charge is 2.43. The van der Waals surface area contributed by atoms with Gasteiger partial charge in [0.2, 0.25) is 5.91 Å². The standard InChI is InChI=1S/C21H19NO4/c1-2-25-18-11-7-6-10-15(18)16-12-19(23)22(14-8-4-3-5-9-14)17-13-26-21(24)20(16)17/h3-11,16H,2,12-13H2,1H3/t16-/m0/s1. The van der Waals surface area contributed by atoms with E-state index >= 15 is 0 Å². The normalized spacial score (nSPS) is 19.4. The molecule has 26 heavy (non-hydrogen) atoms. The molecule has 0 N–H and O–H groups in total. The van der Waals surface area contributed by atoms with E-state index in [4.69, 9.17) is 9.47 Å². The third-order valence-electron chi connectivity index (χ3n) is 4.73. The molecule has 2 aliphatic heterocycles. The molecule has 1 amide bonds. The number of carbonyl (C=O) groups excluding carboxylic acids is 2. The second kappa shape index (κ2) is 6.67. The van der Waals surface area contributed by atoms with Crippen LogP contribution in [-0.4, -0.2) is 25.1 Å². The highest BCUT2D eigenvalue weighted by molar-refractivity contribution is 6.06. The largest absolute Gasteiger partial charge is 0.494 e. The van der Waals surface area contributed by atoms with Crippen LogP contribution in [0.4, 0.5) is 5.69 Å². The van der Waals surface area contributed by atoms with Gasteiger partial charge in [-0.1, -0.05) is 36.4 Å². The van der Waals surface area contributed by atoms with Crippen molar-refractivity contribution < 1.29 is 19.1 Å². The first-order valence-corrected chi connectivity index (χ1v) is 8.70. The topological polar surface area (TPSA) is 55.8 Å². The second-order valence-electron chi connectivity index (χ2n) is 6.23. The van der Waals surface area contributed by atoms with E-state index in [9.17, 15) is 9.59 Å². The molecule has 0 aromatic heterocycles. The lowest BCUT2D eigenvalue weighted by Crippen LogP contribution is -2.37. The van der Waals surface area contributed by atoms with Crippen molar-refractivity contribution in [3.63, 3.8) is 0 Å². The van der Waals surface area contributed by atoms with Gasteiger partial charge >= 0.3 is 5.97 Å². The van der Waals surface area contributed by atoms with Crippen LogP contribution in [0, 0.1) is 0 Å². The molecule has 4 rings (SSSR count). The molecular formula is C21H19NO4. The summed E-state index contributed by atoms with van der Waals surface area (Å²) >= 11 is 0. The van der Waals surface area contributed by atoms with E-state index in [1.807, 2.05) is 61.5 Å². The Morgan fingerprint density at radius 1 is 1.08 bits per heavy atom. The molecule has 0 unspecified atom stereocenters. The molecule has 2 aliphatic rings. The Hall–Kier alpha value is -3.08. The summed E-state index contributed by atoms with van der Waals surface area (Å²) in [5, 5.41) is 0. The number of nitrogens with zero attached hydrogens (tertiary/aromatic N) is 1. The molecule has 2 heterocycles. The number of hydrogen-bond acceptors (Lipinski definition) is 4. The summed E-state index contributed by atoms with van der Waals surface area (Å²) in [5.74, 6) is -0.0583. The minimum atomic E-state index is -0.357. The van der Waals surface area contributed by atoms with E-state index in [0.29, 0.717) is 23.6 Å². The lowest BCUT2D eigenvalue weighted by Gasteiger charge is -2.32. The number of anilines is 1. The van der Waals surface area contributed by atoms with E-state index < -0.39 is 0 Å². The summed E-state index contributed by atoms with van der Waals surface area (Å²) < 4.78 is 11.0. The van der Waals surface area contributed by atoms with E-state index in [1.54, 1.807) is 4.90 Å². The third kappa shape index (κ3) is 2.65. The van der Waals surface area contributed by atoms with Gasteiger partial charge in [0.05, 0.1) is 17.9 Å². The predicted molar refractivity (Wildman–Crippen MR) is 96.9 cm³/mol. The van der Waals surface area contributed by atoms with Crippen molar-refractivity contribution in [2.75, 3.05) is 18.1 Å². The Bertz CT molecular complexity index is 888. The van der Waals surface area contributed by atoms with Crippen molar-refractivity contribution in [1.82, 2.24) is 0 Å². The lowest BCUT2D eigenvalue weighted by atomic mass is 9.83. The zero-order valence-corrected chi connectivity index (χ0v) is 14.5. The minimum absolute atomic E-state index is 0.0513. The summed E-state index contributed by atoms with van der Waals surface area (Å²) in [6.45, 7) is 2.54. The minimum Gasteiger partial charge on any atom is -0.494 e. The summed E-state index contributed by atoms with van der Waals surface area (Å²) in [7, 11) is 0. The van der Waals surface area contributed by atoms with Gasteiger partial charge in [0.25, 0.3) is 0 Å². The van der Waals surface area contributed by atoms with Gasteiger partial charge in [0, 0.05) is 23.6 Å². The molecule has 1 atom stereocenters. The van der Waals surface area contributed by atoms with Crippen LogP contribution in [0.1, 0.15) is 24.8 Å². The van der Waals surface area contributed by atoms with Crippen molar-refractivity contribution in [1.29, 1.82) is 0 Å². The summed E-state index contributed by atoms with van der Waals surface area (Å²) in [6, 6.07) is 16.9. The number of para-hydroxylation sites is 2. The first-order chi connectivity index (χ1) is 12.7. The van der Waals surface area contributed by atoms with E-state index in [0.717, 1.165) is 11.3 Å². The Balaban J connectivity index is 1.83. The van der Waals surface area contributed by atoms with Crippen molar-refractivity contribution in [3.8, 4) is 5.75 Å². The van der Waals surface area contributed by atoms with Gasteiger partial charge in [-0.25, -0.2) is 4.79 Å². The van der Waals surface area contributed by atoms with Gasteiger partial charge in [-0.3, -0.25) is 9.69 Å². The van der Waals surface area contributed by atoms with Crippen LogP contribution in [0.5, 0.6) is 5.75 Å². The number of carbonyl (C=O) groups is 2. The van der Waals surface area contributed by atoms with Crippen LogP contribution in [0.3, 0.4) is 0 Å². The zero-order chi connectivity index (χ0) is 18.1. The van der Waals surface area contributed by atoms with Crippen molar-refractivity contribution in [3.05, 3.63) is 71.4 Å². The molecule has 0 bridgehead atoms. The Labute approximate surface area is 151 Å². The molecule has 0 aliphatic carbocycles. The van der Waals surface area contributed by atoms with Gasteiger partial charge in [-0.05, 0) is 25.1 Å². The highest BCUT2D eigenvalue weighted by atomic mass is 16.5. The molecule has 5 heteroatoms. The van der Waals surface area contributed by atoms with Crippen LogP contribution in [-0.2, 0) is 14.3 Å². The number of esters is 1. The quantitative estimate of drug-likeness (QED) is 0.794. The number of rotatable bonds is 4. The molecule has 0 fully saturated rings.